The van der Waals surface area contributed by atoms with Crippen molar-refractivity contribution in [1.29, 1.82) is 0 Å². The number of anilines is 1. The minimum Gasteiger partial charge on any atom is -0.481 e. The lowest BCUT2D eigenvalue weighted by atomic mass is 9.67. The Morgan fingerprint density at radius 3 is 2.36 bits per heavy atom. The van der Waals surface area contributed by atoms with Gasteiger partial charge in [-0.2, -0.15) is 13.2 Å². The highest BCUT2D eigenvalue weighted by Gasteiger charge is 2.51. The van der Waals surface area contributed by atoms with Gasteiger partial charge in [-0.15, -0.1) is 6.58 Å². The molecule has 1 heterocycles. The van der Waals surface area contributed by atoms with Crippen LogP contribution in [0.3, 0.4) is 0 Å². The van der Waals surface area contributed by atoms with E-state index in [2.05, 4.69) is 6.58 Å². The molecule has 1 N–H and O–H groups in total. The van der Waals surface area contributed by atoms with E-state index in [4.69, 9.17) is 4.74 Å². The summed E-state index contributed by atoms with van der Waals surface area (Å²) in [5.74, 6) is 0.146. The van der Waals surface area contributed by atoms with Crippen LogP contribution in [0.5, 0.6) is 5.75 Å². The molecule has 1 amide bonds. The van der Waals surface area contributed by atoms with Gasteiger partial charge in [-0.1, -0.05) is 6.08 Å². The van der Waals surface area contributed by atoms with Crippen molar-refractivity contribution < 1.29 is 27.8 Å². The summed E-state index contributed by atoms with van der Waals surface area (Å²) >= 11 is 0. The predicted molar refractivity (Wildman–Crippen MR) is 100 cm³/mol. The molecule has 1 saturated carbocycles. The third kappa shape index (κ3) is 4.04. The smallest absolute Gasteiger partial charge is 0.425 e. The van der Waals surface area contributed by atoms with Gasteiger partial charge in [0.15, 0.2) is 6.10 Å². The second-order valence-electron chi connectivity index (χ2n) is 8.00. The molecule has 3 rings (SSSR count). The molecule has 2 fully saturated rings. The van der Waals surface area contributed by atoms with Crippen LogP contribution in [0.25, 0.3) is 0 Å². The Bertz CT molecular complexity index is 721. The molecule has 1 aliphatic carbocycles. The Morgan fingerprint density at radius 2 is 1.82 bits per heavy atom. The molecule has 0 aromatic heterocycles. The molecule has 1 spiro atoms. The maximum Gasteiger partial charge on any atom is 0.425 e. The highest BCUT2D eigenvalue weighted by Crippen LogP contribution is 2.49. The third-order valence-electron chi connectivity index (χ3n) is 6.10. The first-order valence-corrected chi connectivity index (χ1v) is 9.57. The number of hydrogen-bond acceptors (Lipinski definition) is 3. The highest BCUT2D eigenvalue weighted by molar-refractivity contribution is 6.00. The number of carbonyl (C=O) groups is 1. The number of benzene rings is 1. The number of halogens is 3. The van der Waals surface area contributed by atoms with Crippen molar-refractivity contribution in [2.75, 3.05) is 11.4 Å². The average molecular weight is 397 g/mol. The van der Waals surface area contributed by atoms with Crippen LogP contribution in [0.1, 0.15) is 45.4 Å². The molecule has 7 heteroatoms. The van der Waals surface area contributed by atoms with Crippen molar-refractivity contribution in [1.82, 2.24) is 0 Å². The van der Waals surface area contributed by atoms with E-state index in [1.807, 2.05) is 0 Å². The molecule has 28 heavy (non-hydrogen) atoms. The van der Waals surface area contributed by atoms with Crippen molar-refractivity contribution in [3.8, 4) is 5.75 Å². The average Bonchev–Trinajstić information content (AvgIpc) is 2.95. The van der Waals surface area contributed by atoms with E-state index >= 15 is 0 Å². The molecule has 1 atom stereocenters. The van der Waals surface area contributed by atoms with Crippen molar-refractivity contribution in [3.05, 3.63) is 36.9 Å². The molecule has 4 nitrogen and oxygen atoms in total. The second-order valence-corrected chi connectivity index (χ2v) is 8.00. The van der Waals surface area contributed by atoms with Crippen LogP contribution in [0.2, 0.25) is 0 Å². The van der Waals surface area contributed by atoms with E-state index in [1.165, 1.54) is 12.1 Å². The predicted octanol–water partition coefficient (Wildman–Crippen LogP) is 4.62. The number of rotatable bonds is 5. The van der Waals surface area contributed by atoms with Gasteiger partial charge in [-0.25, -0.2) is 0 Å². The van der Waals surface area contributed by atoms with Crippen molar-refractivity contribution >= 4 is 11.6 Å². The number of hydrogen-bond donors (Lipinski definition) is 1. The van der Waals surface area contributed by atoms with E-state index in [9.17, 15) is 23.1 Å². The summed E-state index contributed by atoms with van der Waals surface area (Å²) in [4.78, 5) is 14.8. The summed E-state index contributed by atoms with van der Waals surface area (Å²) in [6, 6.07) is 6.15. The number of aliphatic hydroxyl groups is 1. The zero-order chi connectivity index (χ0) is 20.6. The third-order valence-corrected chi connectivity index (χ3v) is 6.10. The van der Waals surface area contributed by atoms with Crippen LogP contribution in [-0.4, -0.2) is 35.4 Å². The van der Waals surface area contributed by atoms with Gasteiger partial charge in [-0.05, 0) is 69.7 Å². The largest absolute Gasteiger partial charge is 0.481 e. The van der Waals surface area contributed by atoms with Crippen LogP contribution in [-0.2, 0) is 4.79 Å². The van der Waals surface area contributed by atoms with E-state index in [0.717, 1.165) is 13.3 Å². The Morgan fingerprint density at radius 1 is 1.21 bits per heavy atom. The van der Waals surface area contributed by atoms with E-state index in [-0.39, 0.29) is 11.7 Å². The normalized spacial score (nSPS) is 29.2. The minimum atomic E-state index is -4.43. The number of nitrogens with zero attached hydrogens (tertiary/aromatic N) is 1. The monoisotopic (exact) mass is 397 g/mol. The topological polar surface area (TPSA) is 49.8 Å². The Labute approximate surface area is 163 Å². The fourth-order valence-corrected chi connectivity index (χ4v) is 4.17. The number of amides is 1. The number of ether oxygens (including phenoxy) is 1. The fraction of sp³-hybridized carbons (Fsp3) is 0.571. The van der Waals surface area contributed by atoms with E-state index in [1.54, 1.807) is 23.1 Å². The number of carbonyl (C=O) groups excluding carboxylic acids is 1. The lowest BCUT2D eigenvalue weighted by Crippen LogP contribution is -2.43. The molecule has 0 unspecified atom stereocenters. The van der Waals surface area contributed by atoms with Gasteiger partial charge < -0.3 is 14.7 Å². The SMILES string of the molecule is C=CCC1(O)CCC2(CCN(c3ccc(O[C@H](C)C(F)(F)F)cc3)C2=O)CC1. The molecule has 2 aliphatic rings. The summed E-state index contributed by atoms with van der Waals surface area (Å²) in [6.07, 6.45) is -0.950. The Hall–Kier alpha value is -2.02. The lowest BCUT2D eigenvalue weighted by molar-refractivity contribution is -0.189. The first-order valence-electron chi connectivity index (χ1n) is 9.57. The van der Waals surface area contributed by atoms with Gasteiger partial charge in [-0.3, -0.25) is 4.79 Å². The quantitative estimate of drug-likeness (QED) is 0.738. The zero-order valence-corrected chi connectivity index (χ0v) is 16.0. The zero-order valence-electron chi connectivity index (χ0n) is 16.0. The summed E-state index contributed by atoms with van der Waals surface area (Å²) in [6.45, 7) is 5.21. The molecule has 154 valence electrons. The van der Waals surface area contributed by atoms with E-state index < -0.39 is 23.3 Å². The molecule has 1 aromatic rings. The summed E-state index contributed by atoms with van der Waals surface area (Å²) in [5.41, 5.74) is -0.566. The number of alkyl halides is 3. The molecule has 1 saturated heterocycles. The van der Waals surface area contributed by atoms with Gasteiger partial charge in [0, 0.05) is 12.2 Å². The minimum absolute atomic E-state index is 0.0329. The van der Waals surface area contributed by atoms with Gasteiger partial charge in [0.1, 0.15) is 5.75 Å². The maximum atomic E-state index is 13.1. The van der Waals surface area contributed by atoms with Crippen molar-refractivity contribution in [2.45, 2.75) is 63.3 Å². The standard InChI is InChI=1S/C21H26F3NO3/c1-3-8-20(27)11-9-19(10-12-20)13-14-25(18(19)26)16-4-6-17(7-5-16)28-15(2)21(22,23)24/h3-7,15,27H,1,8-14H2,2H3/t15-,19?,20?/m1/s1. The fourth-order valence-electron chi connectivity index (χ4n) is 4.17. The summed E-state index contributed by atoms with van der Waals surface area (Å²) in [5, 5.41) is 10.6. The van der Waals surface area contributed by atoms with Crippen LogP contribution in [0.15, 0.2) is 36.9 Å². The van der Waals surface area contributed by atoms with Gasteiger partial charge >= 0.3 is 6.18 Å². The van der Waals surface area contributed by atoms with Crippen LogP contribution in [0.4, 0.5) is 18.9 Å². The summed E-state index contributed by atoms with van der Waals surface area (Å²) < 4.78 is 42.8. The van der Waals surface area contributed by atoms with Crippen LogP contribution < -0.4 is 9.64 Å². The van der Waals surface area contributed by atoms with Crippen LogP contribution in [0, 0.1) is 5.41 Å². The Balaban J connectivity index is 1.66. The van der Waals surface area contributed by atoms with Crippen molar-refractivity contribution in [2.24, 2.45) is 5.41 Å². The lowest BCUT2D eigenvalue weighted by Gasteiger charge is -2.40. The molecule has 1 aromatic carbocycles. The maximum absolute atomic E-state index is 13.1. The second kappa shape index (κ2) is 7.43. The molecule has 0 bridgehead atoms. The van der Waals surface area contributed by atoms with Gasteiger partial charge in [0.2, 0.25) is 5.91 Å². The molecule has 0 radical (unpaired) electrons. The summed E-state index contributed by atoms with van der Waals surface area (Å²) in [7, 11) is 0. The van der Waals surface area contributed by atoms with E-state index in [0.29, 0.717) is 44.3 Å². The van der Waals surface area contributed by atoms with Gasteiger partial charge in [0.05, 0.1) is 11.0 Å². The van der Waals surface area contributed by atoms with Crippen LogP contribution >= 0.6 is 0 Å². The van der Waals surface area contributed by atoms with Gasteiger partial charge in [0.25, 0.3) is 0 Å². The van der Waals surface area contributed by atoms with Crippen molar-refractivity contribution in [3.63, 3.8) is 0 Å². The molecular formula is C21H26F3NO3. The molecular weight excluding hydrogens is 371 g/mol. The first kappa shape index (κ1) is 20.7. The first-order chi connectivity index (χ1) is 13.1. The Kier molecular flexibility index (Phi) is 5.49. The molecule has 1 aliphatic heterocycles. The highest BCUT2D eigenvalue weighted by atomic mass is 19.4.